The number of likely N-dealkylation sites (N-methyl/N-ethyl adjacent to an activating group) is 1. The van der Waals surface area contributed by atoms with Crippen molar-refractivity contribution in [1.82, 2.24) is 4.90 Å². The number of amides is 2. The van der Waals surface area contributed by atoms with Crippen LogP contribution in [-0.2, 0) is 9.59 Å². The molecule has 2 atom stereocenters. The van der Waals surface area contributed by atoms with Crippen LogP contribution in [0.25, 0.3) is 0 Å². The molecule has 0 bridgehead atoms. The van der Waals surface area contributed by atoms with Gasteiger partial charge in [0.25, 0.3) is 5.91 Å². The molecule has 1 fully saturated rings. The van der Waals surface area contributed by atoms with Gasteiger partial charge in [0.15, 0.2) is 6.54 Å². The van der Waals surface area contributed by atoms with Gasteiger partial charge in [0.1, 0.15) is 0 Å². The maximum absolute atomic E-state index is 12.3. The highest BCUT2D eigenvalue weighted by Crippen LogP contribution is 2.24. The van der Waals surface area contributed by atoms with Gasteiger partial charge in [-0.1, -0.05) is 23.2 Å². The zero-order chi connectivity index (χ0) is 17.7. The van der Waals surface area contributed by atoms with Gasteiger partial charge in [-0.2, -0.15) is 0 Å². The summed E-state index contributed by atoms with van der Waals surface area (Å²) < 4.78 is 0. The van der Waals surface area contributed by atoms with Gasteiger partial charge in [-0.05, 0) is 44.4 Å². The van der Waals surface area contributed by atoms with Crippen molar-refractivity contribution in [2.45, 2.75) is 32.2 Å². The maximum atomic E-state index is 12.3. The third kappa shape index (κ3) is 5.36. The lowest BCUT2D eigenvalue weighted by atomic mass is 10.0. The Morgan fingerprint density at radius 3 is 2.71 bits per heavy atom. The number of likely N-dealkylation sites (tertiary alicyclic amines) is 1. The third-order valence-electron chi connectivity index (χ3n) is 4.47. The first-order valence-corrected chi connectivity index (χ1v) is 8.96. The molecule has 1 heterocycles. The number of halogens is 2. The lowest BCUT2D eigenvalue weighted by Gasteiger charge is -2.30. The van der Waals surface area contributed by atoms with E-state index >= 15 is 0 Å². The molecule has 2 rings (SSSR count). The van der Waals surface area contributed by atoms with E-state index < -0.39 is 0 Å². The molecule has 1 unspecified atom stereocenters. The fourth-order valence-corrected chi connectivity index (χ4v) is 3.22. The summed E-state index contributed by atoms with van der Waals surface area (Å²) in [6.07, 6.45) is 3.55. The molecule has 2 N–H and O–H groups in total. The zero-order valence-electron chi connectivity index (χ0n) is 14.1. The predicted molar refractivity (Wildman–Crippen MR) is 96.7 cm³/mol. The number of quaternary nitrogens is 1. The molecule has 24 heavy (non-hydrogen) atoms. The Kier molecular flexibility index (Phi) is 6.90. The highest BCUT2D eigenvalue weighted by atomic mass is 35.5. The summed E-state index contributed by atoms with van der Waals surface area (Å²) in [5.74, 6) is -0.269. The number of anilines is 1. The van der Waals surface area contributed by atoms with E-state index in [1.807, 2.05) is 0 Å². The fourth-order valence-electron chi connectivity index (χ4n) is 2.92. The van der Waals surface area contributed by atoms with E-state index in [9.17, 15) is 9.59 Å². The Labute approximate surface area is 152 Å². The topological polar surface area (TPSA) is 53.9 Å². The van der Waals surface area contributed by atoms with Crippen LogP contribution < -0.4 is 10.2 Å². The van der Waals surface area contributed by atoms with E-state index in [0.717, 1.165) is 19.4 Å². The van der Waals surface area contributed by atoms with Gasteiger partial charge in [-0.3, -0.25) is 9.59 Å². The lowest BCUT2D eigenvalue weighted by Crippen LogP contribution is -3.17. The molecule has 2 amide bonds. The monoisotopic (exact) mass is 372 g/mol. The smallest absolute Gasteiger partial charge is 0.277 e. The van der Waals surface area contributed by atoms with Crippen LogP contribution in [0.4, 0.5) is 5.69 Å². The molecule has 0 saturated carbocycles. The van der Waals surface area contributed by atoms with Crippen molar-refractivity contribution in [1.29, 1.82) is 0 Å². The van der Waals surface area contributed by atoms with E-state index in [1.54, 1.807) is 25.2 Å². The van der Waals surface area contributed by atoms with Crippen molar-refractivity contribution in [2.75, 3.05) is 32.0 Å². The van der Waals surface area contributed by atoms with Crippen molar-refractivity contribution in [3.05, 3.63) is 28.2 Å². The Hall–Kier alpha value is -1.30. The Bertz CT molecular complexity index is 609. The summed E-state index contributed by atoms with van der Waals surface area (Å²) in [7, 11) is 1.66. The van der Waals surface area contributed by atoms with Crippen LogP contribution in [-0.4, -0.2) is 49.4 Å². The average molecular weight is 373 g/mol. The van der Waals surface area contributed by atoms with E-state index in [2.05, 4.69) is 12.2 Å². The second-order valence-electron chi connectivity index (χ2n) is 6.41. The molecule has 0 radical (unpaired) electrons. The standard InChI is InChI=1S/C17H23Cl2N3O2/c1-12-5-3-4-8-22(12)11-17(24)21(2)10-16(23)20-13-6-7-14(18)15(19)9-13/h6-7,9,12H,3-5,8,10-11H2,1-2H3,(H,20,23)/p+1/t12-/m1/s1. The summed E-state index contributed by atoms with van der Waals surface area (Å²) in [5.41, 5.74) is 0.561. The summed E-state index contributed by atoms with van der Waals surface area (Å²) in [4.78, 5) is 27.2. The quantitative estimate of drug-likeness (QED) is 0.828. The van der Waals surface area contributed by atoms with Gasteiger partial charge in [0.05, 0.1) is 29.2 Å². The summed E-state index contributed by atoms with van der Waals surface area (Å²) in [5, 5.41) is 3.53. The second-order valence-corrected chi connectivity index (χ2v) is 7.22. The number of carbonyl (C=O) groups excluding carboxylic acids is 2. The summed E-state index contributed by atoms with van der Waals surface area (Å²) in [6, 6.07) is 5.38. The average Bonchev–Trinajstić information content (AvgIpc) is 2.53. The minimum Gasteiger partial charge on any atom is -0.332 e. The second kappa shape index (κ2) is 8.70. The molecule has 1 aliphatic rings. The number of benzene rings is 1. The fraction of sp³-hybridized carbons (Fsp3) is 0.529. The molecule has 0 aromatic heterocycles. The highest BCUT2D eigenvalue weighted by Gasteiger charge is 2.26. The minimum absolute atomic E-state index is 0.0111. The molecular formula is C17H24Cl2N3O2+. The first kappa shape index (κ1) is 19.0. The Balaban J connectivity index is 1.83. The van der Waals surface area contributed by atoms with E-state index in [1.165, 1.54) is 16.2 Å². The van der Waals surface area contributed by atoms with Crippen molar-refractivity contribution in [3.8, 4) is 0 Å². The minimum atomic E-state index is -0.258. The summed E-state index contributed by atoms with van der Waals surface area (Å²) >= 11 is 11.8. The van der Waals surface area contributed by atoms with Crippen molar-refractivity contribution < 1.29 is 14.5 Å². The molecular weight excluding hydrogens is 349 g/mol. The molecule has 0 spiro atoms. The van der Waals surface area contributed by atoms with Gasteiger partial charge >= 0.3 is 0 Å². The molecule has 0 aliphatic carbocycles. The normalized spacial score (nSPS) is 20.5. The highest BCUT2D eigenvalue weighted by molar-refractivity contribution is 6.42. The van der Waals surface area contributed by atoms with Crippen LogP contribution in [0.1, 0.15) is 26.2 Å². The molecule has 1 aromatic rings. The lowest BCUT2D eigenvalue weighted by molar-refractivity contribution is -0.921. The van der Waals surface area contributed by atoms with Gasteiger partial charge in [0, 0.05) is 12.7 Å². The molecule has 132 valence electrons. The maximum Gasteiger partial charge on any atom is 0.277 e. The van der Waals surface area contributed by atoms with Crippen LogP contribution in [0.2, 0.25) is 10.0 Å². The van der Waals surface area contributed by atoms with E-state index in [-0.39, 0.29) is 18.4 Å². The van der Waals surface area contributed by atoms with E-state index in [0.29, 0.717) is 28.3 Å². The molecule has 7 heteroatoms. The first-order chi connectivity index (χ1) is 11.4. The van der Waals surface area contributed by atoms with Crippen molar-refractivity contribution in [3.63, 3.8) is 0 Å². The van der Waals surface area contributed by atoms with E-state index in [4.69, 9.17) is 23.2 Å². The predicted octanol–water partition coefficient (Wildman–Crippen LogP) is 1.85. The largest absolute Gasteiger partial charge is 0.332 e. The van der Waals surface area contributed by atoms with Gasteiger partial charge in [0.2, 0.25) is 5.91 Å². The Morgan fingerprint density at radius 2 is 2.04 bits per heavy atom. The SMILES string of the molecule is C[C@@H]1CCCC[NH+]1CC(=O)N(C)CC(=O)Nc1ccc(Cl)c(Cl)c1. The number of hydrogen-bond donors (Lipinski definition) is 2. The van der Waals surface area contributed by atoms with Crippen LogP contribution in [0, 0.1) is 0 Å². The van der Waals surface area contributed by atoms with Gasteiger partial charge in [-0.15, -0.1) is 0 Å². The number of nitrogens with zero attached hydrogens (tertiary/aromatic N) is 1. The van der Waals surface area contributed by atoms with Crippen molar-refractivity contribution >= 4 is 40.7 Å². The third-order valence-corrected chi connectivity index (χ3v) is 5.21. The number of rotatable bonds is 5. The Morgan fingerprint density at radius 1 is 1.29 bits per heavy atom. The van der Waals surface area contributed by atoms with Crippen LogP contribution in [0.3, 0.4) is 0 Å². The molecule has 5 nitrogen and oxygen atoms in total. The zero-order valence-corrected chi connectivity index (χ0v) is 15.6. The van der Waals surface area contributed by atoms with Gasteiger partial charge < -0.3 is 15.1 Å². The number of hydrogen-bond acceptors (Lipinski definition) is 2. The number of piperidine rings is 1. The number of carbonyl (C=O) groups is 2. The molecule has 1 aliphatic heterocycles. The van der Waals surface area contributed by atoms with Crippen LogP contribution in [0.15, 0.2) is 18.2 Å². The van der Waals surface area contributed by atoms with Crippen LogP contribution >= 0.6 is 23.2 Å². The van der Waals surface area contributed by atoms with Crippen LogP contribution in [0.5, 0.6) is 0 Å². The first-order valence-electron chi connectivity index (χ1n) is 8.20. The van der Waals surface area contributed by atoms with Crippen molar-refractivity contribution in [2.24, 2.45) is 0 Å². The molecule has 1 aromatic carbocycles. The number of nitrogens with one attached hydrogen (secondary N) is 2. The molecule has 1 saturated heterocycles. The summed E-state index contributed by atoms with van der Waals surface area (Å²) in [6.45, 7) is 3.66. The van der Waals surface area contributed by atoms with Gasteiger partial charge in [-0.25, -0.2) is 0 Å².